The third-order valence-electron chi connectivity index (χ3n) is 2.73. The Hall–Kier alpha value is -2.47. The molecule has 0 fully saturated rings. The van der Waals surface area contributed by atoms with Crippen LogP contribution in [0.2, 0.25) is 0 Å². The Morgan fingerprint density at radius 1 is 1.24 bits per heavy atom. The van der Waals surface area contributed by atoms with Crippen molar-refractivity contribution >= 4 is 29.2 Å². The number of anilines is 1. The number of halogens is 1. The van der Waals surface area contributed by atoms with Crippen LogP contribution in [0.5, 0.6) is 5.75 Å². The van der Waals surface area contributed by atoms with E-state index in [9.17, 15) is 4.39 Å². The lowest BCUT2D eigenvalue weighted by molar-refractivity contribution is 0.414. The lowest BCUT2D eigenvalue weighted by atomic mass is 10.2. The first-order valence-corrected chi connectivity index (χ1v) is 6.55. The summed E-state index contributed by atoms with van der Waals surface area (Å²) in [4.78, 5) is 0. The molecule has 0 atom stereocenters. The number of para-hydroxylation sites is 1. The van der Waals surface area contributed by atoms with Gasteiger partial charge in [0, 0.05) is 5.56 Å². The minimum Gasteiger partial charge on any atom is -0.496 e. The first-order chi connectivity index (χ1) is 10.1. The second-order valence-electron chi connectivity index (χ2n) is 4.11. The summed E-state index contributed by atoms with van der Waals surface area (Å²) in [5, 5.41) is 5.65. The van der Waals surface area contributed by atoms with E-state index in [1.165, 1.54) is 17.1 Å². The average Bonchev–Trinajstić information content (AvgIpc) is 2.49. The van der Waals surface area contributed by atoms with Crippen molar-refractivity contribution in [2.24, 2.45) is 10.8 Å². The van der Waals surface area contributed by atoms with Crippen molar-refractivity contribution in [3.05, 3.63) is 59.9 Å². The molecule has 0 aliphatic heterocycles. The number of hydrazone groups is 1. The lowest BCUT2D eigenvalue weighted by Gasteiger charge is -2.16. The highest BCUT2D eigenvalue weighted by Gasteiger charge is 2.08. The van der Waals surface area contributed by atoms with Gasteiger partial charge in [0.15, 0.2) is 5.11 Å². The molecule has 0 aliphatic rings. The number of ether oxygens (including phenoxy) is 1. The molecule has 0 radical (unpaired) electrons. The third kappa shape index (κ3) is 3.76. The zero-order valence-corrected chi connectivity index (χ0v) is 12.2. The fourth-order valence-electron chi connectivity index (χ4n) is 1.73. The first-order valence-electron chi connectivity index (χ1n) is 6.14. The Kier molecular flexibility index (Phi) is 4.84. The van der Waals surface area contributed by atoms with Crippen LogP contribution in [0.3, 0.4) is 0 Å². The summed E-state index contributed by atoms with van der Waals surface area (Å²) >= 11 is 4.97. The normalized spacial score (nSPS) is 10.6. The number of rotatable bonds is 4. The first kappa shape index (κ1) is 14.9. The minimum absolute atomic E-state index is 0.0627. The predicted molar refractivity (Wildman–Crippen MR) is 86.3 cm³/mol. The molecule has 2 N–H and O–H groups in total. The molecule has 0 amide bonds. The lowest BCUT2D eigenvalue weighted by Crippen LogP contribution is -2.30. The van der Waals surface area contributed by atoms with Crippen molar-refractivity contribution in [3.8, 4) is 5.75 Å². The quantitative estimate of drug-likeness (QED) is 0.536. The van der Waals surface area contributed by atoms with Gasteiger partial charge in [-0.25, -0.2) is 9.40 Å². The largest absolute Gasteiger partial charge is 0.496 e. The van der Waals surface area contributed by atoms with Crippen molar-refractivity contribution in [1.29, 1.82) is 0 Å². The number of methoxy groups -OCH3 is 1. The number of thiocarbonyl (C=S) groups is 1. The Morgan fingerprint density at radius 3 is 2.52 bits per heavy atom. The fraction of sp³-hybridized carbons (Fsp3) is 0.0667. The maximum absolute atomic E-state index is 13.0. The minimum atomic E-state index is -0.338. The van der Waals surface area contributed by atoms with E-state index in [0.29, 0.717) is 11.4 Å². The molecule has 0 unspecified atom stereocenters. The molecule has 0 bridgehead atoms. The van der Waals surface area contributed by atoms with Crippen LogP contribution in [0.1, 0.15) is 5.56 Å². The van der Waals surface area contributed by atoms with E-state index in [0.717, 1.165) is 5.56 Å². The monoisotopic (exact) mass is 303 g/mol. The van der Waals surface area contributed by atoms with Gasteiger partial charge in [0.25, 0.3) is 0 Å². The summed E-state index contributed by atoms with van der Waals surface area (Å²) in [6, 6.07) is 13.1. The molecule has 0 saturated heterocycles. The zero-order chi connectivity index (χ0) is 15.2. The molecule has 2 aromatic carbocycles. The second kappa shape index (κ2) is 6.81. The van der Waals surface area contributed by atoms with Gasteiger partial charge >= 0.3 is 0 Å². The summed E-state index contributed by atoms with van der Waals surface area (Å²) in [6.07, 6.45) is 1.58. The van der Waals surface area contributed by atoms with E-state index in [2.05, 4.69) is 5.10 Å². The molecular formula is C15H14FN3OS. The smallest absolute Gasteiger partial charge is 0.191 e. The molecule has 108 valence electrons. The molecule has 6 heteroatoms. The van der Waals surface area contributed by atoms with Crippen LogP contribution in [0, 0.1) is 5.82 Å². The highest BCUT2D eigenvalue weighted by Crippen LogP contribution is 2.18. The Labute approximate surface area is 127 Å². The van der Waals surface area contributed by atoms with E-state index in [1.807, 2.05) is 24.3 Å². The summed E-state index contributed by atoms with van der Waals surface area (Å²) in [6.45, 7) is 0. The summed E-state index contributed by atoms with van der Waals surface area (Å²) in [5.74, 6) is 0.346. The van der Waals surface area contributed by atoms with Crippen LogP contribution in [-0.4, -0.2) is 18.4 Å². The number of nitrogens with two attached hydrogens (primary N) is 1. The van der Waals surface area contributed by atoms with Gasteiger partial charge in [0.05, 0.1) is 19.0 Å². The maximum Gasteiger partial charge on any atom is 0.191 e. The van der Waals surface area contributed by atoms with Crippen molar-refractivity contribution in [2.45, 2.75) is 0 Å². The Bertz CT molecular complexity index is 658. The van der Waals surface area contributed by atoms with Crippen LogP contribution < -0.4 is 15.5 Å². The average molecular weight is 303 g/mol. The highest BCUT2D eigenvalue weighted by molar-refractivity contribution is 7.80. The van der Waals surface area contributed by atoms with Gasteiger partial charge in [-0.2, -0.15) is 5.10 Å². The van der Waals surface area contributed by atoms with Gasteiger partial charge in [0.1, 0.15) is 11.6 Å². The SMILES string of the molecule is COc1ccccc1C=NN(C(N)=S)c1ccc(F)cc1. The molecule has 0 aliphatic carbocycles. The van der Waals surface area contributed by atoms with Crippen molar-refractivity contribution in [1.82, 2.24) is 0 Å². The predicted octanol–water partition coefficient (Wildman–Crippen LogP) is 2.92. The molecule has 0 saturated carbocycles. The molecule has 21 heavy (non-hydrogen) atoms. The summed E-state index contributed by atoms with van der Waals surface area (Å²) < 4.78 is 18.2. The van der Waals surface area contributed by atoms with Crippen LogP contribution >= 0.6 is 12.2 Å². The van der Waals surface area contributed by atoms with Gasteiger partial charge in [0.2, 0.25) is 0 Å². The number of nitrogens with zero attached hydrogens (tertiary/aromatic N) is 2. The Morgan fingerprint density at radius 2 is 1.90 bits per heavy atom. The van der Waals surface area contributed by atoms with Crippen LogP contribution in [-0.2, 0) is 0 Å². The number of hydrogen-bond acceptors (Lipinski definition) is 3. The third-order valence-corrected chi connectivity index (χ3v) is 2.90. The number of benzene rings is 2. The van der Waals surface area contributed by atoms with E-state index in [4.69, 9.17) is 22.7 Å². The van der Waals surface area contributed by atoms with Crippen LogP contribution in [0.15, 0.2) is 53.6 Å². The van der Waals surface area contributed by atoms with E-state index < -0.39 is 0 Å². The van der Waals surface area contributed by atoms with Gasteiger partial charge in [-0.3, -0.25) is 0 Å². The van der Waals surface area contributed by atoms with Gasteiger partial charge < -0.3 is 10.5 Å². The van der Waals surface area contributed by atoms with Gasteiger partial charge in [-0.1, -0.05) is 12.1 Å². The molecule has 2 rings (SSSR count). The summed E-state index contributed by atoms with van der Waals surface area (Å²) in [7, 11) is 1.58. The zero-order valence-electron chi connectivity index (χ0n) is 11.4. The molecule has 2 aromatic rings. The second-order valence-corrected chi connectivity index (χ2v) is 4.53. The van der Waals surface area contributed by atoms with Gasteiger partial charge in [-0.15, -0.1) is 0 Å². The maximum atomic E-state index is 13.0. The van der Waals surface area contributed by atoms with E-state index >= 15 is 0 Å². The van der Waals surface area contributed by atoms with Crippen LogP contribution in [0.25, 0.3) is 0 Å². The van der Waals surface area contributed by atoms with E-state index in [-0.39, 0.29) is 10.9 Å². The Balaban J connectivity index is 2.30. The molecule has 4 nitrogen and oxygen atoms in total. The molecule has 0 spiro atoms. The van der Waals surface area contributed by atoms with Crippen molar-refractivity contribution in [3.63, 3.8) is 0 Å². The standard InChI is InChI=1S/C15H14FN3OS/c1-20-14-5-3-2-4-11(14)10-18-19(15(17)21)13-8-6-12(16)7-9-13/h2-10H,1H3,(H2,17,21). The molecular weight excluding hydrogens is 289 g/mol. The van der Waals surface area contributed by atoms with Crippen molar-refractivity contribution in [2.75, 3.05) is 12.1 Å². The fourth-order valence-corrected chi connectivity index (χ4v) is 1.88. The molecule has 0 aromatic heterocycles. The van der Waals surface area contributed by atoms with Gasteiger partial charge in [-0.05, 0) is 48.6 Å². The topological polar surface area (TPSA) is 50.8 Å². The van der Waals surface area contributed by atoms with Crippen molar-refractivity contribution < 1.29 is 9.13 Å². The molecule has 0 heterocycles. The highest BCUT2D eigenvalue weighted by atomic mass is 32.1. The summed E-state index contributed by atoms with van der Waals surface area (Å²) in [5.41, 5.74) is 7.02. The van der Waals surface area contributed by atoms with E-state index in [1.54, 1.807) is 25.5 Å². The van der Waals surface area contributed by atoms with Crippen LogP contribution in [0.4, 0.5) is 10.1 Å². The number of hydrogen-bond donors (Lipinski definition) is 1.